The minimum absolute atomic E-state index is 0.183. The Hall–Kier alpha value is -1.51. The van der Waals surface area contributed by atoms with E-state index in [4.69, 9.17) is 4.74 Å². The lowest BCUT2D eigenvalue weighted by Crippen LogP contribution is -2.36. The van der Waals surface area contributed by atoms with Crippen LogP contribution in [0.15, 0.2) is 18.2 Å². The Labute approximate surface area is 102 Å². The third kappa shape index (κ3) is 2.99. The van der Waals surface area contributed by atoms with Crippen molar-refractivity contribution in [3.63, 3.8) is 0 Å². The molecule has 1 heterocycles. The fraction of sp³-hybridized carbons (Fsp3) is 0.500. The topological polar surface area (TPSA) is 29.5 Å². The van der Waals surface area contributed by atoms with Crippen LogP contribution in [0.25, 0.3) is 0 Å². The van der Waals surface area contributed by atoms with Crippen LogP contribution in [-0.2, 0) is 17.7 Å². The lowest BCUT2D eigenvalue weighted by molar-refractivity contribution is 0.0966. The van der Waals surface area contributed by atoms with Gasteiger partial charge in [0.25, 0.3) is 0 Å². The highest BCUT2D eigenvalue weighted by atomic mass is 16.6. The molecular formula is C14H18NO2. The first kappa shape index (κ1) is 12.0. The van der Waals surface area contributed by atoms with Gasteiger partial charge in [-0.05, 0) is 30.0 Å². The summed E-state index contributed by atoms with van der Waals surface area (Å²) in [6.45, 7) is 4.02. The number of unbranched alkanes of at least 4 members (excludes halogenated alkanes) is 1. The molecular weight excluding hydrogens is 214 g/mol. The SMILES string of the molecule is CCCCOC(=O)N1CCc2c[c]ccc2C1. The van der Waals surface area contributed by atoms with Crippen molar-refractivity contribution in [1.29, 1.82) is 0 Å². The lowest BCUT2D eigenvalue weighted by atomic mass is 10.0. The van der Waals surface area contributed by atoms with Gasteiger partial charge in [0, 0.05) is 13.1 Å². The summed E-state index contributed by atoms with van der Waals surface area (Å²) in [6, 6.07) is 9.00. The molecule has 0 spiro atoms. The van der Waals surface area contributed by atoms with E-state index in [9.17, 15) is 4.79 Å². The van der Waals surface area contributed by atoms with E-state index in [0.29, 0.717) is 13.2 Å². The van der Waals surface area contributed by atoms with Crippen molar-refractivity contribution in [2.24, 2.45) is 0 Å². The maximum atomic E-state index is 11.8. The smallest absolute Gasteiger partial charge is 0.410 e. The van der Waals surface area contributed by atoms with Crippen LogP contribution in [0.4, 0.5) is 4.79 Å². The predicted octanol–water partition coefficient (Wildman–Crippen LogP) is 2.78. The van der Waals surface area contributed by atoms with Crippen LogP contribution in [0.5, 0.6) is 0 Å². The van der Waals surface area contributed by atoms with Gasteiger partial charge in [-0.15, -0.1) is 0 Å². The molecule has 0 atom stereocenters. The van der Waals surface area contributed by atoms with Crippen LogP contribution < -0.4 is 0 Å². The van der Waals surface area contributed by atoms with E-state index in [1.54, 1.807) is 4.90 Å². The molecule has 1 aromatic carbocycles. The molecule has 1 amide bonds. The van der Waals surface area contributed by atoms with Gasteiger partial charge in [0.15, 0.2) is 0 Å². The van der Waals surface area contributed by atoms with Gasteiger partial charge in [-0.3, -0.25) is 0 Å². The second kappa shape index (κ2) is 5.71. The first-order valence-corrected chi connectivity index (χ1v) is 6.21. The van der Waals surface area contributed by atoms with E-state index < -0.39 is 0 Å². The van der Waals surface area contributed by atoms with Gasteiger partial charge >= 0.3 is 6.09 Å². The average Bonchev–Trinajstić information content (AvgIpc) is 2.38. The maximum Gasteiger partial charge on any atom is 0.410 e. The minimum Gasteiger partial charge on any atom is -0.449 e. The fourth-order valence-corrected chi connectivity index (χ4v) is 1.98. The Morgan fingerprint density at radius 3 is 3.24 bits per heavy atom. The van der Waals surface area contributed by atoms with Gasteiger partial charge in [-0.2, -0.15) is 0 Å². The molecule has 1 radical (unpaired) electrons. The highest BCUT2D eigenvalue weighted by molar-refractivity contribution is 5.68. The van der Waals surface area contributed by atoms with Gasteiger partial charge in [0.05, 0.1) is 6.61 Å². The number of hydrogen-bond donors (Lipinski definition) is 0. The second-order valence-electron chi connectivity index (χ2n) is 4.33. The van der Waals surface area contributed by atoms with E-state index in [1.165, 1.54) is 11.1 Å². The Bertz CT molecular complexity index is 390. The summed E-state index contributed by atoms with van der Waals surface area (Å²) in [6.07, 6.45) is 2.70. The molecule has 1 aliphatic heterocycles. The first-order chi connectivity index (χ1) is 8.31. The molecule has 1 aromatic rings. The van der Waals surface area contributed by atoms with Gasteiger partial charge in [0.2, 0.25) is 0 Å². The summed E-state index contributed by atoms with van der Waals surface area (Å²) < 4.78 is 5.22. The van der Waals surface area contributed by atoms with Crippen LogP contribution in [0, 0.1) is 6.07 Å². The zero-order valence-electron chi connectivity index (χ0n) is 10.2. The molecule has 0 fully saturated rings. The van der Waals surface area contributed by atoms with Crippen molar-refractivity contribution < 1.29 is 9.53 Å². The van der Waals surface area contributed by atoms with Gasteiger partial charge in [-0.1, -0.05) is 31.5 Å². The van der Waals surface area contributed by atoms with Crippen LogP contribution in [0.2, 0.25) is 0 Å². The molecule has 2 rings (SSSR count). The normalized spacial score (nSPS) is 14.3. The summed E-state index contributed by atoms with van der Waals surface area (Å²) >= 11 is 0. The summed E-state index contributed by atoms with van der Waals surface area (Å²) in [5.74, 6) is 0. The number of rotatable bonds is 3. The van der Waals surface area contributed by atoms with Crippen LogP contribution in [0.1, 0.15) is 30.9 Å². The third-order valence-corrected chi connectivity index (χ3v) is 3.04. The molecule has 3 heteroatoms. The van der Waals surface area contributed by atoms with Crippen molar-refractivity contribution >= 4 is 6.09 Å². The Balaban J connectivity index is 1.91. The number of carbonyl (C=O) groups is 1. The molecule has 0 N–H and O–H groups in total. The Morgan fingerprint density at radius 1 is 1.53 bits per heavy atom. The van der Waals surface area contributed by atoms with E-state index >= 15 is 0 Å². The molecule has 0 aliphatic carbocycles. The molecule has 0 bridgehead atoms. The van der Waals surface area contributed by atoms with Crippen LogP contribution >= 0.6 is 0 Å². The average molecular weight is 232 g/mol. The first-order valence-electron chi connectivity index (χ1n) is 6.21. The maximum absolute atomic E-state index is 11.8. The third-order valence-electron chi connectivity index (χ3n) is 3.04. The molecule has 0 saturated heterocycles. The van der Waals surface area contributed by atoms with Gasteiger partial charge < -0.3 is 9.64 Å². The highest BCUT2D eigenvalue weighted by Gasteiger charge is 2.20. The number of carbonyl (C=O) groups excluding carboxylic acids is 1. The van der Waals surface area contributed by atoms with E-state index in [2.05, 4.69) is 13.0 Å². The molecule has 0 unspecified atom stereocenters. The molecule has 0 aromatic heterocycles. The standard InChI is InChI=1S/C14H18NO2/c1-2-3-10-17-14(16)15-9-8-12-6-4-5-7-13(12)11-15/h5-7H,2-3,8-11H2,1H3. The summed E-state index contributed by atoms with van der Waals surface area (Å²) in [5, 5.41) is 0. The van der Waals surface area contributed by atoms with Crippen LogP contribution in [0.3, 0.4) is 0 Å². The number of amides is 1. The largest absolute Gasteiger partial charge is 0.449 e. The summed E-state index contributed by atoms with van der Waals surface area (Å²) in [5.41, 5.74) is 2.51. The van der Waals surface area contributed by atoms with Gasteiger partial charge in [-0.25, -0.2) is 4.79 Å². The molecule has 3 nitrogen and oxygen atoms in total. The van der Waals surface area contributed by atoms with Crippen LogP contribution in [-0.4, -0.2) is 24.1 Å². The Morgan fingerprint density at radius 2 is 2.41 bits per heavy atom. The molecule has 91 valence electrons. The lowest BCUT2D eigenvalue weighted by Gasteiger charge is -2.27. The number of benzene rings is 1. The molecule has 0 saturated carbocycles. The van der Waals surface area contributed by atoms with E-state index in [1.807, 2.05) is 18.2 Å². The van der Waals surface area contributed by atoms with Gasteiger partial charge in [0.1, 0.15) is 0 Å². The second-order valence-corrected chi connectivity index (χ2v) is 4.33. The molecule has 17 heavy (non-hydrogen) atoms. The van der Waals surface area contributed by atoms with Crippen molar-refractivity contribution in [3.8, 4) is 0 Å². The number of nitrogens with zero attached hydrogens (tertiary/aromatic N) is 1. The van der Waals surface area contributed by atoms with Crippen molar-refractivity contribution in [3.05, 3.63) is 35.4 Å². The number of ether oxygens (including phenoxy) is 1. The minimum atomic E-state index is -0.183. The fourth-order valence-electron chi connectivity index (χ4n) is 1.98. The number of hydrogen-bond acceptors (Lipinski definition) is 2. The zero-order chi connectivity index (χ0) is 12.1. The van der Waals surface area contributed by atoms with Crippen molar-refractivity contribution in [2.45, 2.75) is 32.7 Å². The summed E-state index contributed by atoms with van der Waals surface area (Å²) in [7, 11) is 0. The quantitative estimate of drug-likeness (QED) is 0.750. The van der Waals surface area contributed by atoms with E-state index in [0.717, 1.165) is 25.8 Å². The highest BCUT2D eigenvalue weighted by Crippen LogP contribution is 2.18. The van der Waals surface area contributed by atoms with E-state index in [-0.39, 0.29) is 6.09 Å². The monoisotopic (exact) mass is 232 g/mol. The van der Waals surface area contributed by atoms with Crippen molar-refractivity contribution in [2.75, 3.05) is 13.2 Å². The number of fused-ring (bicyclic) bond motifs is 1. The summed E-state index contributed by atoms with van der Waals surface area (Å²) in [4.78, 5) is 13.6. The molecule has 1 aliphatic rings. The zero-order valence-corrected chi connectivity index (χ0v) is 10.2. The van der Waals surface area contributed by atoms with Crippen molar-refractivity contribution in [1.82, 2.24) is 4.90 Å². The Kier molecular flexibility index (Phi) is 4.02. The predicted molar refractivity (Wildman–Crippen MR) is 65.6 cm³/mol.